The number of benzene rings is 2. The van der Waals surface area contributed by atoms with Gasteiger partial charge in [-0.05, 0) is 50.5 Å². The minimum Gasteiger partial charge on any atom is -0.339 e. The van der Waals surface area contributed by atoms with Gasteiger partial charge in [0.15, 0.2) is 0 Å². The van der Waals surface area contributed by atoms with Crippen LogP contribution in [0.5, 0.6) is 0 Å². The average Bonchev–Trinajstić information content (AvgIpc) is 3.02. The van der Waals surface area contributed by atoms with Crippen molar-refractivity contribution in [3.05, 3.63) is 87.1 Å². The van der Waals surface area contributed by atoms with Gasteiger partial charge in [0.2, 0.25) is 0 Å². The number of imidazole rings is 1. The third kappa shape index (κ3) is 3.33. The number of hydrogen-bond donors (Lipinski definition) is 1. The second-order valence-electron chi connectivity index (χ2n) is 7.39. The standard InChI is InChI=1S/C23H22N4O2/c1-14-8-10-19(17(4)12-14)22-23(25-21-15(2)6-5-7-16(21)3)26-13-18(27(28)29)9-11-20(26)24-22/h5-13,25H,1-4H3. The molecule has 4 rings (SSSR count). The molecule has 0 unspecified atom stereocenters. The Balaban J connectivity index is 2.00. The number of nitrogens with zero attached hydrogens (tertiary/aromatic N) is 3. The fraction of sp³-hybridized carbons (Fsp3) is 0.174. The van der Waals surface area contributed by atoms with Crippen molar-refractivity contribution in [2.45, 2.75) is 27.7 Å². The molecule has 2 heterocycles. The lowest BCUT2D eigenvalue weighted by molar-refractivity contribution is -0.385. The topological polar surface area (TPSA) is 72.5 Å². The summed E-state index contributed by atoms with van der Waals surface area (Å²) in [5, 5.41) is 14.9. The van der Waals surface area contributed by atoms with Gasteiger partial charge in [-0.25, -0.2) is 4.98 Å². The summed E-state index contributed by atoms with van der Waals surface area (Å²) in [7, 11) is 0. The molecule has 0 amide bonds. The molecule has 0 saturated heterocycles. The molecule has 4 aromatic rings. The molecule has 0 radical (unpaired) electrons. The molecule has 2 aromatic carbocycles. The van der Waals surface area contributed by atoms with Gasteiger partial charge in [-0.15, -0.1) is 0 Å². The maximum Gasteiger partial charge on any atom is 0.286 e. The summed E-state index contributed by atoms with van der Waals surface area (Å²) < 4.78 is 1.76. The molecule has 0 spiro atoms. The summed E-state index contributed by atoms with van der Waals surface area (Å²) in [6.45, 7) is 8.19. The van der Waals surface area contributed by atoms with Gasteiger partial charge in [0, 0.05) is 17.3 Å². The van der Waals surface area contributed by atoms with E-state index >= 15 is 0 Å². The second-order valence-corrected chi connectivity index (χ2v) is 7.39. The van der Waals surface area contributed by atoms with Gasteiger partial charge in [0.05, 0.1) is 11.1 Å². The summed E-state index contributed by atoms with van der Waals surface area (Å²) in [5.74, 6) is 0.716. The van der Waals surface area contributed by atoms with Crippen LogP contribution in [-0.4, -0.2) is 14.3 Å². The smallest absolute Gasteiger partial charge is 0.286 e. The highest BCUT2D eigenvalue weighted by Gasteiger charge is 2.19. The number of aromatic nitrogens is 2. The summed E-state index contributed by atoms with van der Waals surface area (Å²) in [6.07, 6.45) is 1.52. The molecule has 1 N–H and O–H groups in total. The Morgan fingerprint density at radius 2 is 1.69 bits per heavy atom. The molecular formula is C23H22N4O2. The number of fused-ring (bicyclic) bond motifs is 1. The third-order valence-electron chi connectivity index (χ3n) is 5.18. The normalized spacial score (nSPS) is 11.0. The van der Waals surface area contributed by atoms with Crippen LogP contribution in [0, 0.1) is 37.8 Å². The predicted octanol–water partition coefficient (Wildman–Crippen LogP) is 5.89. The number of nitro groups is 1. The Bertz CT molecular complexity index is 1240. The molecule has 0 atom stereocenters. The lowest BCUT2D eigenvalue weighted by Crippen LogP contribution is -2.01. The predicted molar refractivity (Wildman–Crippen MR) is 116 cm³/mol. The SMILES string of the molecule is Cc1ccc(-c2nc3ccc([N+](=O)[O-])cn3c2Nc2c(C)cccc2C)c(C)c1. The van der Waals surface area contributed by atoms with Crippen LogP contribution in [-0.2, 0) is 0 Å². The van der Waals surface area contributed by atoms with Crippen molar-refractivity contribution in [2.75, 3.05) is 5.32 Å². The summed E-state index contributed by atoms with van der Waals surface area (Å²) in [5.41, 5.74) is 7.88. The Morgan fingerprint density at radius 3 is 2.34 bits per heavy atom. The summed E-state index contributed by atoms with van der Waals surface area (Å²) in [6, 6.07) is 15.5. The van der Waals surface area contributed by atoms with E-state index in [1.54, 1.807) is 10.5 Å². The molecule has 6 nitrogen and oxygen atoms in total. The Kier molecular flexibility index (Phi) is 4.54. The molecule has 29 heavy (non-hydrogen) atoms. The van der Waals surface area contributed by atoms with Crippen LogP contribution in [0.15, 0.2) is 54.7 Å². The zero-order chi connectivity index (χ0) is 20.7. The van der Waals surface area contributed by atoms with Gasteiger partial charge in [-0.2, -0.15) is 0 Å². The molecule has 0 aliphatic carbocycles. The number of rotatable bonds is 4. The Morgan fingerprint density at radius 1 is 0.966 bits per heavy atom. The van der Waals surface area contributed by atoms with Gasteiger partial charge in [0.1, 0.15) is 17.2 Å². The van der Waals surface area contributed by atoms with Crippen molar-refractivity contribution in [1.29, 1.82) is 0 Å². The van der Waals surface area contributed by atoms with E-state index in [1.807, 2.05) is 32.0 Å². The maximum atomic E-state index is 11.3. The molecule has 0 bridgehead atoms. The fourth-order valence-electron chi connectivity index (χ4n) is 3.66. The Labute approximate surface area is 169 Å². The number of aryl methyl sites for hydroxylation is 4. The first-order chi connectivity index (χ1) is 13.8. The van der Waals surface area contributed by atoms with E-state index in [9.17, 15) is 10.1 Å². The van der Waals surface area contributed by atoms with Gasteiger partial charge >= 0.3 is 0 Å². The van der Waals surface area contributed by atoms with Gasteiger partial charge < -0.3 is 5.32 Å². The van der Waals surface area contributed by atoms with Crippen LogP contribution >= 0.6 is 0 Å². The molecular weight excluding hydrogens is 364 g/mol. The average molecular weight is 386 g/mol. The van der Waals surface area contributed by atoms with E-state index in [1.165, 1.54) is 17.8 Å². The van der Waals surface area contributed by atoms with Crippen molar-refractivity contribution in [1.82, 2.24) is 9.38 Å². The molecule has 0 saturated carbocycles. The van der Waals surface area contributed by atoms with Gasteiger partial charge in [-0.3, -0.25) is 14.5 Å². The van der Waals surface area contributed by atoms with Gasteiger partial charge in [-0.1, -0.05) is 42.0 Å². The van der Waals surface area contributed by atoms with Crippen molar-refractivity contribution in [3.8, 4) is 11.3 Å². The summed E-state index contributed by atoms with van der Waals surface area (Å²) >= 11 is 0. The highest BCUT2D eigenvalue weighted by Crippen LogP contribution is 2.35. The van der Waals surface area contributed by atoms with E-state index in [0.29, 0.717) is 11.5 Å². The lowest BCUT2D eigenvalue weighted by atomic mass is 10.0. The number of nitrogens with one attached hydrogen (secondary N) is 1. The zero-order valence-corrected chi connectivity index (χ0v) is 16.9. The van der Waals surface area contributed by atoms with Crippen LogP contribution in [0.4, 0.5) is 17.2 Å². The van der Waals surface area contributed by atoms with Gasteiger partial charge in [0.25, 0.3) is 5.69 Å². The van der Waals surface area contributed by atoms with E-state index < -0.39 is 0 Å². The van der Waals surface area contributed by atoms with Crippen molar-refractivity contribution < 1.29 is 4.92 Å². The molecule has 0 fully saturated rings. The monoisotopic (exact) mass is 386 g/mol. The molecule has 2 aromatic heterocycles. The number of hydrogen-bond acceptors (Lipinski definition) is 4. The van der Waals surface area contributed by atoms with Crippen molar-refractivity contribution in [3.63, 3.8) is 0 Å². The van der Waals surface area contributed by atoms with E-state index in [0.717, 1.165) is 33.6 Å². The lowest BCUT2D eigenvalue weighted by Gasteiger charge is -2.14. The highest BCUT2D eigenvalue weighted by atomic mass is 16.6. The molecule has 0 aliphatic heterocycles. The molecule has 6 heteroatoms. The minimum absolute atomic E-state index is 0.0200. The fourth-order valence-corrected chi connectivity index (χ4v) is 3.66. The maximum absolute atomic E-state index is 11.3. The van der Waals surface area contributed by atoms with Crippen LogP contribution in [0.3, 0.4) is 0 Å². The molecule has 146 valence electrons. The van der Waals surface area contributed by atoms with Crippen molar-refractivity contribution in [2.24, 2.45) is 0 Å². The minimum atomic E-state index is -0.390. The first-order valence-electron chi connectivity index (χ1n) is 9.42. The van der Waals surface area contributed by atoms with E-state index in [4.69, 9.17) is 4.98 Å². The van der Waals surface area contributed by atoms with Crippen LogP contribution in [0.2, 0.25) is 0 Å². The quantitative estimate of drug-likeness (QED) is 0.351. The number of para-hydroxylation sites is 1. The Hall–Kier alpha value is -3.67. The highest BCUT2D eigenvalue weighted by molar-refractivity contribution is 5.82. The number of anilines is 2. The number of pyridine rings is 1. The largest absolute Gasteiger partial charge is 0.339 e. The van der Waals surface area contributed by atoms with E-state index in [-0.39, 0.29) is 10.6 Å². The van der Waals surface area contributed by atoms with E-state index in [2.05, 4.69) is 37.4 Å². The van der Waals surface area contributed by atoms with Crippen molar-refractivity contribution >= 4 is 22.8 Å². The first kappa shape index (κ1) is 18.7. The summed E-state index contributed by atoms with van der Waals surface area (Å²) in [4.78, 5) is 15.8. The van der Waals surface area contributed by atoms with Crippen LogP contribution in [0.1, 0.15) is 22.3 Å². The first-order valence-corrected chi connectivity index (χ1v) is 9.42. The van der Waals surface area contributed by atoms with Crippen LogP contribution < -0.4 is 5.32 Å². The second kappa shape index (κ2) is 7.05. The zero-order valence-electron chi connectivity index (χ0n) is 16.9. The third-order valence-corrected chi connectivity index (χ3v) is 5.18. The molecule has 0 aliphatic rings. The van der Waals surface area contributed by atoms with Crippen LogP contribution in [0.25, 0.3) is 16.9 Å².